The number of aliphatic hydroxyl groups excluding tert-OH is 1. The minimum absolute atomic E-state index is 0.292. The Morgan fingerprint density at radius 3 is 3.00 bits per heavy atom. The van der Waals surface area contributed by atoms with Crippen LogP contribution in [0.5, 0.6) is 0 Å². The summed E-state index contributed by atoms with van der Waals surface area (Å²) < 4.78 is 0. The van der Waals surface area contributed by atoms with E-state index in [1.807, 2.05) is 0 Å². The van der Waals surface area contributed by atoms with Crippen LogP contribution in [0.25, 0.3) is 0 Å². The molecule has 1 aliphatic rings. The van der Waals surface area contributed by atoms with Crippen LogP contribution in [0, 0.1) is 0 Å². The maximum Gasteiger partial charge on any atom is 0.163 e. The van der Waals surface area contributed by atoms with Crippen LogP contribution in [0.1, 0.15) is 11.7 Å². The van der Waals surface area contributed by atoms with E-state index >= 15 is 0 Å². The van der Waals surface area contributed by atoms with Gasteiger partial charge in [0.1, 0.15) is 18.2 Å². The molecule has 0 bridgehead atoms. The Kier molecular flexibility index (Phi) is 1.13. The van der Waals surface area contributed by atoms with Crippen molar-refractivity contribution in [2.45, 2.75) is 6.10 Å². The minimum Gasteiger partial charge on any atom is -0.383 e. The number of nitrogens with two attached hydrogens (primary N) is 1. The SMILES string of the molecule is Nc1ncnc2c1C(O)C=N2. The molecule has 5 heteroatoms. The van der Waals surface area contributed by atoms with Gasteiger partial charge >= 0.3 is 0 Å². The molecule has 0 fully saturated rings. The second-order valence-corrected chi connectivity index (χ2v) is 2.22. The van der Waals surface area contributed by atoms with Gasteiger partial charge in [0.15, 0.2) is 5.82 Å². The van der Waals surface area contributed by atoms with E-state index in [2.05, 4.69) is 15.0 Å². The predicted octanol–water partition coefficient (Wildman–Crippen LogP) is -0.192. The summed E-state index contributed by atoms with van der Waals surface area (Å²) in [6.45, 7) is 0. The highest BCUT2D eigenvalue weighted by molar-refractivity contribution is 5.80. The Hall–Kier alpha value is -1.49. The third kappa shape index (κ3) is 0.779. The summed E-state index contributed by atoms with van der Waals surface area (Å²) in [6.07, 6.45) is 1.96. The maximum absolute atomic E-state index is 9.25. The molecular weight excluding hydrogens is 144 g/mol. The Balaban J connectivity index is 2.65. The monoisotopic (exact) mass is 150 g/mol. The van der Waals surface area contributed by atoms with Crippen molar-refractivity contribution in [2.24, 2.45) is 4.99 Å². The molecule has 0 saturated heterocycles. The first kappa shape index (κ1) is 6.23. The zero-order valence-electron chi connectivity index (χ0n) is 5.60. The first-order chi connectivity index (χ1) is 5.29. The van der Waals surface area contributed by atoms with E-state index in [0.29, 0.717) is 17.2 Å². The number of nitrogens with zero attached hydrogens (tertiary/aromatic N) is 3. The lowest BCUT2D eigenvalue weighted by Crippen LogP contribution is -2.01. The van der Waals surface area contributed by atoms with Gasteiger partial charge in [0.25, 0.3) is 0 Å². The number of rotatable bonds is 0. The van der Waals surface area contributed by atoms with Crippen LogP contribution in [0.3, 0.4) is 0 Å². The van der Waals surface area contributed by atoms with Crippen molar-refractivity contribution in [3.05, 3.63) is 11.9 Å². The zero-order chi connectivity index (χ0) is 7.84. The largest absolute Gasteiger partial charge is 0.383 e. The number of aliphatic imine (C=N–C) groups is 1. The van der Waals surface area contributed by atoms with Crippen molar-refractivity contribution in [2.75, 3.05) is 5.73 Å². The minimum atomic E-state index is -0.744. The molecule has 2 heterocycles. The molecule has 56 valence electrons. The van der Waals surface area contributed by atoms with Crippen LogP contribution in [0.15, 0.2) is 11.3 Å². The highest BCUT2D eigenvalue weighted by atomic mass is 16.3. The molecular formula is C6H6N4O. The lowest BCUT2D eigenvalue weighted by atomic mass is 10.2. The van der Waals surface area contributed by atoms with Crippen LogP contribution < -0.4 is 5.73 Å². The van der Waals surface area contributed by atoms with E-state index in [4.69, 9.17) is 5.73 Å². The zero-order valence-corrected chi connectivity index (χ0v) is 5.60. The third-order valence-corrected chi connectivity index (χ3v) is 1.53. The fourth-order valence-electron chi connectivity index (χ4n) is 1.00. The molecule has 0 saturated carbocycles. The van der Waals surface area contributed by atoms with Crippen LogP contribution in [0.2, 0.25) is 0 Å². The van der Waals surface area contributed by atoms with Crippen molar-refractivity contribution in [3.63, 3.8) is 0 Å². The topological polar surface area (TPSA) is 84.4 Å². The first-order valence-corrected chi connectivity index (χ1v) is 3.11. The molecule has 1 aromatic heterocycles. The maximum atomic E-state index is 9.25. The van der Waals surface area contributed by atoms with Gasteiger partial charge in [-0.05, 0) is 0 Å². The van der Waals surface area contributed by atoms with Gasteiger partial charge in [0.2, 0.25) is 0 Å². The number of hydrogen-bond donors (Lipinski definition) is 2. The number of fused-ring (bicyclic) bond motifs is 1. The average molecular weight is 150 g/mol. The number of anilines is 1. The number of nitrogen functional groups attached to an aromatic ring is 1. The molecule has 1 unspecified atom stereocenters. The summed E-state index contributed by atoms with van der Waals surface area (Å²) in [5.41, 5.74) is 5.98. The van der Waals surface area contributed by atoms with Crippen LogP contribution in [-0.2, 0) is 0 Å². The molecule has 1 atom stereocenters. The molecule has 3 N–H and O–H groups in total. The van der Waals surface area contributed by atoms with E-state index in [0.717, 1.165) is 0 Å². The highest BCUT2D eigenvalue weighted by Gasteiger charge is 2.20. The van der Waals surface area contributed by atoms with E-state index < -0.39 is 6.10 Å². The number of hydrogen-bond acceptors (Lipinski definition) is 5. The van der Waals surface area contributed by atoms with Gasteiger partial charge in [-0.15, -0.1) is 0 Å². The number of aromatic nitrogens is 2. The van der Waals surface area contributed by atoms with Crippen LogP contribution in [0.4, 0.5) is 11.6 Å². The van der Waals surface area contributed by atoms with Gasteiger partial charge in [-0.3, -0.25) is 0 Å². The molecule has 0 aromatic carbocycles. The third-order valence-electron chi connectivity index (χ3n) is 1.53. The fourth-order valence-corrected chi connectivity index (χ4v) is 1.00. The summed E-state index contributed by atoms with van der Waals surface area (Å²) in [6, 6.07) is 0. The second-order valence-electron chi connectivity index (χ2n) is 2.22. The Morgan fingerprint density at radius 2 is 2.27 bits per heavy atom. The lowest BCUT2D eigenvalue weighted by molar-refractivity contribution is 0.256. The van der Waals surface area contributed by atoms with E-state index in [1.165, 1.54) is 12.5 Å². The van der Waals surface area contributed by atoms with Gasteiger partial charge in [-0.1, -0.05) is 0 Å². The molecule has 1 aromatic rings. The fraction of sp³-hybridized carbons (Fsp3) is 0.167. The van der Waals surface area contributed by atoms with Gasteiger partial charge in [-0.2, -0.15) is 0 Å². The van der Waals surface area contributed by atoms with Gasteiger partial charge < -0.3 is 10.8 Å². The molecule has 0 aliphatic carbocycles. The lowest BCUT2D eigenvalue weighted by Gasteiger charge is -2.02. The summed E-state index contributed by atoms with van der Waals surface area (Å²) >= 11 is 0. The normalized spacial score (nSPS) is 20.3. The smallest absolute Gasteiger partial charge is 0.163 e. The van der Waals surface area contributed by atoms with Crippen molar-refractivity contribution in [3.8, 4) is 0 Å². The summed E-state index contributed by atoms with van der Waals surface area (Å²) in [5, 5.41) is 9.25. The summed E-state index contributed by atoms with van der Waals surface area (Å²) in [5.74, 6) is 0.755. The van der Waals surface area contributed by atoms with Crippen LogP contribution >= 0.6 is 0 Å². The highest BCUT2D eigenvalue weighted by Crippen LogP contribution is 2.30. The van der Waals surface area contributed by atoms with Crippen molar-refractivity contribution in [1.29, 1.82) is 0 Å². The van der Waals surface area contributed by atoms with Gasteiger partial charge in [-0.25, -0.2) is 15.0 Å². The molecule has 11 heavy (non-hydrogen) atoms. The molecule has 0 amide bonds. The Morgan fingerprint density at radius 1 is 1.45 bits per heavy atom. The number of aliphatic hydroxyl groups is 1. The van der Waals surface area contributed by atoms with Gasteiger partial charge in [0.05, 0.1) is 5.56 Å². The molecule has 2 rings (SSSR count). The van der Waals surface area contributed by atoms with Crippen molar-refractivity contribution in [1.82, 2.24) is 9.97 Å². The van der Waals surface area contributed by atoms with E-state index in [1.54, 1.807) is 0 Å². The summed E-state index contributed by atoms with van der Waals surface area (Å²) in [7, 11) is 0. The van der Waals surface area contributed by atoms with Crippen LogP contribution in [-0.4, -0.2) is 21.3 Å². The predicted molar refractivity (Wildman–Crippen MR) is 39.6 cm³/mol. The van der Waals surface area contributed by atoms with Crippen molar-refractivity contribution < 1.29 is 5.11 Å². The molecule has 0 spiro atoms. The Labute approximate surface area is 62.6 Å². The van der Waals surface area contributed by atoms with Crippen molar-refractivity contribution >= 4 is 17.9 Å². The quantitative estimate of drug-likeness (QED) is 0.536. The first-order valence-electron chi connectivity index (χ1n) is 3.11. The molecule has 5 nitrogen and oxygen atoms in total. The average Bonchev–Trinajstić information content (AvgIpc) is 2.34. The second kappa shape index (κ2) is 2.00. The Bertz CT molecular complexity index is 322. The van der Waals surface area contributed by atoms with Gasteiger partial charge in [0, 0.05) is 6.21 Å². The van der Waals surface area contributed by atoms with E-state index in [-0.39, 0.29) is 0 Å². The molecule has 1 aliphatic heterocycles. The summed E-state index contributed by atoms with van der Waals surface area (Å²) in [4.78, 5) is 11.4. The van der Waals surface area contributed by atoms with E-state index in [9.17, 15) is 5.11 Å². The standard InChI is InChI=1S/C6H6N4O/c7-5-4-3(11)1-8-6(4)10-2-9-5/h1-3,11H,(H2,7,9,10). The molecule has 0 radical (unpaired) electrons.